The number of sulfone groups is 1. The lowest BCUT2D eigenvalue weighted by molar-refractivity contribution is -0.148. The third kappa shape index (κ3) is 4.58. The highest BCUT2D eigenvalue weighted by Crippen LogP contribution is 2.32. The molecule has 31 heavy (non-hydrogen) atoms. The van der Waals surface area contributed by atoms with Crippen molar-refractivity contribution in [2.24, 2.45) is 0 Å². The fraction of sp³-hybridized carbons (Fsp3) is 0.333. The molecular weight excluding hydrogens is 431 g/mol. The van der Waals surface area contributed by atoms with E-state index in [1.165, 1.54) is 17.0 Å². The van der Waals surface area contributed by atoms with Crippen LogP contribution in [0.5, 0.6) is 0 Å². The minimum absolute atomic E-state index is 0.0436. The molecule has 1 fully saturated rings. The number of amides is 1. The lowest BCUT2D eigenvalue weighted by atomic mass is 10.1. The summed E-state index contributed by atoms with van der Waals surface area (Å²) in [4.78, 5) is 18.3. The van der Waals surface area contributed by atoms with Crippen LogP contribution in [0.4, 0.5) is 13.2 Å². The maximum atomic E-state index is 13.6. The number of halogens is 3. The first-order valence-electron chi connectivity index (χ1n) is 9.70. The predicted octanol–water partition coefficient (Wildman–Crippen LogP) is 3.27. The van der Waals surface area contributed by atoms with Gasteiger partial charge in [0, 0.05) is 12.6 Å². The Morgan fingerprint density at radius 3 is 2.42 bits per heavy atom. The van der Waals surface area contributed by atoms with E-state index in [2.05, 4.69) is 4.98 Å². The monoisotopic (exact) mass is 451 g/mol. The Labute approximate surface area is 177 Å². The van der Waals surface area contributed by atoms with Crippen LogP contribution in [0.15, 0.2) is 54.6 Å². The lowest BCUT2D eigenvalue weighted by Crippen LogP contribution is -2.42. The Morgan fingerprint density at radius 1 is 1.10 bits per heavy atom. The van der Waals surface area contributed by atoms with Gasteiger partial charge in [0.25, 0.3) is 0 Å². The standard InChI is InChI=1S/C21H20F3N3O3S/c22-21(23,24)20-25-17-8-4-5-9-18(17)27(20)13-19(28)26(12-15-6-2-1-3-7-15)16-10-11-31(29,30)14-16/h1-9,16H,10-14H2. The zero-order valence-electron chi connectivity index (χ0n) is 16.4. The molecule has 0 radical (unpaired) electrons. The molecule has 0 saturated carbocycles. The van der Waals surface area contributed by atoms with Gasteiger partial charge in [0.2, 0.25) is 11.7 Å². The van der Waals surface area contributed by atoms with Gasteiger partial charge in [-0.1, -0.05) is 42.5 Å². The minimum atomic E-state index is -4.74. The van der Waals surface area contributed by atoms with Crippen LogP contribution in [-0.4, -0.2) is 46.3 Å². The SMILES string of the molecule is O=C(Cn1c(C(F)(F)F)nc2ccccc21)N(Cc1ccccc1)C1CCS(=O)(=O)C1. The Hall–Kier alpha value is -2.88. The smallest absolute Gasteiger partial charge is 0.333 e. The van der Waals surface area contributed by atoms with Crippen LogP contribution in [-0.2, 0) is 33.9 Å². The van der Waals surface area contributed by atoms with Crippen LogP contribution < -0.4 is 0 Å². The van der Waals surface area contributed by atoms with E-state index in [0.29, 0.717) is 0 Å². The second kappa shape index (κ2) is 7.99. The van der Waals surface area contributed by atoms with E-state index in [1.807, 2.05) is 6.07 Å². The van der Waals surface area contributed by atoms with Crippen molar-refractivity contribution >= 4 is 26.8 Å². The van der Waals surface area contributed by atoms with Crippen LogP contribution in [0.25, 0.3) is 11.0 Å². The number of alkyl halides is 3. The Balaban J connectivity index is 1.69. The first-order valence-corrected chi connectivity index (χ1v) is 11.5. The van der Waals surface area contributed by atoms with Crippen molar-refractivity contribution < 1.29 is 26.4 Å². The van der Waals surface area contributed by atoms with Crippen molar-refractivity contribution in [1.29, 1.82) is 0 Å². The Morgan fingerprint density at radius 2 is 1.77 bits per heavy atom. The molecule has 4 rings (SSSR count). The van der Waals surface area contributed by atoms with Gasteiger partial charge in [-0.05, 0) is 24.1 Å². The second-order valence-electron chi connectivity index (χ2n) is 7.57. The summed E-state index contributed by atoms with van der Waals surface area (Å²) >= 11 is 0. The van der Waals surface area contributed by atoms with Crippen LogP contribution in [0, 0.1) is 0 Å². The number of imidazole rings is 1. The molecule has 0 aliphatic carbocycles. The van der Waals surface area contributed by atoms with Crippen molar-refractivity contribution in [3.63, 3.8) is 0 Å². The van der Waals surface area contributed by atoms with Crippen molar-refractivity contribution in [3.8, 4) is 0 Å². The second-order valence-corrected chi connectivity index (χ2v) is 9.80. The molecule has 0 spiro atoms. The van der Waals surface area contributed by atoms with Gasteiger partial charge in [-0.15, -0.1) is 0 Å². The molecule has 1 aliphatic rings. The summed E-state index contributed by atoms with van der Waals surface area (Å²) in [5.74, 6) is -1.97. The first kappa shape index (κ1) is 21.4. The molecule has 1 saturated heterocycles. The third-order valence-electron chi connectivity index (χ3n) is 5.37. The largest absolute Gasteiger partial charge is 0.449 e. The van der Waals surface area contributed by atoms with Crippen LogP contribution in [0.1, 0.15) is 17.8 Å². The molecule has 3 aromatic rings. The van der Waals surface area contributed by atoms with E-state index in [1.54, 1.807) is 36.4 Å². The maximum Gasteiger partial charge on any atom is 0.449 e. The quantitative estimate of drug-likeness (QED) is 0.597. The van der Waals surface area contributed by atoms with E-state index >= 15 is 0 Å². The number of hydrogen-bond acceptors (Lipinski definition) is 4. The molecule has 1 unspecified atom stereocenters. The van der Waals surface area contributed by atoms with Gasteiger partial charge in [0.05, 0.1) is 22.5 Å². The Bertz CT molecular complexity index is 1210. The normalized spacial score (nSPS) is 18.4. The van der Waals surface area contributed by atoms with Gasteiger partial charge in [-0.25, -0.2) is 13.4 Å². The number of carbonyl (C=O) groups excluding carboxylic acids is 1. The van der Waals surface area contributed by atoms with Crippen LogP contribution in [0.2, 0.25) is 0 Å². The van der Waals surface area contributed by atoms with Gasteiger partial charge < -0.3 is 9.47 Å². The van der Waals surface area contributed by atoms with E-state index < -0.39 is 40.3 Å². The molecule has 2 heterocycles. The highest BCUT2D eigenvalue weighted by molar-refractivity contribution is 7.91. The molecule has 0 N–H and O–H groups in total. The predicted molar refractivity (Wildman–Crippen MR) is 109 cm³/mol. The first-order chi connectivity index (χ1) is 14.6. The summed E-state index contributed by atoms with van der Waals surface area (Å²) in [6, 6.07) is 14.5. The summed E-state index contributed by atoms with van der Waals surface area (Å²) in [6.45, 7) is -0.466. The van der Waals surface area contributed by atoms with Crippen molar-refractivity contribution in [3.05, 3.63) is 66.0 Å². The van der Waals surface area contributed by atoms with E-state index in [4.69, 9.17) is 0 Å². The van der Waals surface area contributed by atoms with Gasteiger partial charge in [0.15, 0.2) is 9.84 Å². The highest BCUT2D eigenvalue weighted by atomic mass is 32.2. The molecule has 6 nitrogen and oxygen atoms in total. The number of aromatic nitrogens is 2. The van der Waals surface area contributed by atoms with Crippen LogP contribution >= 0.6 is 0 Å². The number of benzene rings is 2. The number of carbonyl (C=O) groups is 1. The number of rotatable bonds is 5. The summed E-state index contributed by atoms with van der Waals surface area (Å²) in [7, 11) is -3.29. The summed E-state index contributed by atoms with van der Waals surface area (Å²) in [6.07, 6.45) is -4.47. The Kier molecular flexibility index (Phi) is 5.50. The molecule has 1 aromatic heterocycles. The molecule has 1 atom stereocenters. The molecule has 2 aromatic carbocycles. The topological polar surface area (TPSA) is 72.3 Å². The summed E-state index contributed by atoms with van der Waals surface area (Å²) in [5.41, 5.74) is 1.11. The van der Waals surface area contributed by atoms with Crippen molar-refractivity contribution in [2.45, 2.75) is 31.7 Å². The number of hydrogen-bond donors (Lipinski definition) is 0. The zero-order valence-corrected chi connectivity index (χ0v) is 17.2. The van der Waals surface area contributed by atoms with E-state index in [-0.39, 0.29) is 35.5 Å². The highest BCUT2D eigenvalue weighted by Gasteiger charge is 2.39. The minimum Gasteiger partial charge on any atom is -0.333 e. The zero-order chi connectivity index (χ0) is 22.2. The molecule has 1 amide bonds. The maximum absolute atomic E-state index is 13.6. The van der Waals surface area contributed by atoms with Gasteiger partial charge >= 0.3 is 6.18 Å². The van der Waals surface area contributed by atoms with Gasteiger partial charge in [-0.3, -0.25) is 4.79 Å². The molecular formula is C21H20F3N3O3S. The van der Waals surface area contributed by atoms with Crippen LogP contribution in [0.3, 0.4) is 0 Å². The molecule has 164 valence electrons. The van der Waals surface area contributed by atoms with Gasteiger partial charge in [0.1, 0.15) is 6.54 Å². The molecule has 0 bridgehead atoms. The number of para-hydroxylation sites is 2. The molecule has 10 heteroatoms. The summed E-state index contributed by atoms with van der Waals surface area (Å²) < 4.78 is 65.7. The summed E-state index contributed by atoms with van der Waals surface area (Å²) in [5, 5.41) is 0. The number of nitrogens with zero attached hydrogens (tertiary/aromatic N) is 3. The van der Waals surface area contributed by atoms with E-state index in [9.17, 15) is 26.4 Å². The molecule has 1 aliphatic heterocycles. The average molecular weight is 451 g/mol. The van der Waals surface area contributed by atoms with Crippen molar-refractivity contribution in [2.75, 3.05) is 11.5 Å². The number of fused-ring (bicyclic) bond motifs is 1. The lowest BCUT2D eigenvalue weighted by Gasteiger charge is -2.29. The van der Waals surface area contributed by atoms with E-state index in [0.717, 1.165) is 10.1 Å². The average Bonchev–Trinajstić information content (AvgIpc) is 3.27. The fourth-order valence-electron chi connectivity index (χ4n) is 3.90. The fourth-order valence-corrected chi connectivity index (χ4v) is 5.63. The third-order valence-corrected chi connectivity index (χ3v) is 7.12. The van der Waals surface area contributed by atoms with Gasteiger partial charge in [-0.2, -0.15) is 13.2 Å². The van der Waals surface area contributed by atoms with Crippen molar-refractivity contribution in [1.82, 2.24) is 14.5 Å².